The lowest BCUT2D eigenvalue weighted by Crippen LogP contribution is -2.54. The van der Waals surface area contributed by atoms with Crippen molar-refractivity contribution in [3.63, 3.8) is 0 Å². The first-order chi connectivity index (χ1) is 16.4. The summed E-state index contributed by atoms with van der Waals surface area (Å²) in [6.45, 7) is 18.5. The normalized spacial score (nSPS) is 42.4. The fourth-order valence-corrected chi connectivity index (χ4v) is 8.91. The Morgan fingerprint density at radius 1 is 1.14 bits per heavy atom. The number of allylic oxidation sites excluding steroid dienone is 4. The highest BCUT2D eigenvalue weighted by Gasteiger charge is 2.66. The molecule has 2 fully saturated rings. The average molecular weight is 501 g/mol. The average Bonchev–Trinajstić information content (AvgIpc) is 2.96. The second-order valence-electron chi connectivity index (χ2n) is 14.2. The summed E-state index contributed by atoms with van der Waals surface area (Å²) in [5, 5.41) is 42.9. The van der Waals surface area contributed by atoms with Crippen LogP contribution >= 0.6 is 0 Å². The van der Waals surface area contributed by atoms with Crippen LogP contribution in [0.1, 0.15) is 93.4 Å². The molecule has 0 aromatic rings. The van der Waals surface area contributed by atoms with Crippen LogP contribution in [0.2, 0.25) is 0 Å². The van der Waals surface area contributed by atoms with E-state index < -0.39 is 29.0 Å². The molecule has 0 unspecified atom stereocenters. The number of hydrogen-bond acceptors (Lipinski definition) is 4. The predicted molar refractivity (Wildman–Crippen MR) is 142 cm³/mol. The molecule has 4 N–H and O–H groups in total. The van der Waals surface area contributed by atoms with Crippen molar-refractivity contribution in [1.82, 2.24) is 0 Å². The van der Waals surface area contributed by atoms with Gasteiger partial charge in [-0.1, -0.05) is 53.3 Å². The number of carboxylic acids is 1. The van der Waals surface area contributed by atoms with Crippen LogP contribution in [0.3, 0.4) is 0 Å². The lowest BCUT2D eigenvalue weighted by molar-refractivity contribution is -0.148. The fraction of sp³-hybridized carbons (Fsp3) is 0.774. The van der Waals surface area contributed by atoms with Crippen LogP contribution in [0.25, 0.3) is 0 Å². The molecule has 4 rings (SSSR count). The number of aliphatic carboxylic acids is 1. The number of aliphatic hydroxyl groups is 3. The van der Waals surface area contributed by atoms with Gasteiger partial charge < -0.3 is 20.4 Å². The Kier molecular flexibility index (Phi) is 6.55. The largest absolute Gasteiger partial charge is 0.481 e. The summed E-state index contributed by atoms with van der Waals surface area (Å²) in [5.41, 5.74) is 1.31. The summed E-state index contributed by atoms with van der Waals surface area (Å²) < 4.78 is 0. The van der Waals surface area contributed by atoms with Gasteiger partial charge in [0.25, 0.3) is 0 Å². The van der Waals surface area contributed by atoms with Crippen molar-refractivity contribution < 1.29 is 25.2 Å². The first kappa shape index (κ1) is 27.6. The van der Waals surface area contributed by atoms with Crippen molar-refractivity contribution in [3.8, 4) is 0 Å². The zero-order valence-electron chi connectivity index (χ0n) is 23.4. The molecule has 0 aliphatic heterocycles. The van der Waals surface area contributed by atoms with Crippen molar-refractivity contribution in [2.45, 2.75) is 111 Å². The van der Waals surface area contributed by atoms with E-state index in [0.717, 1.165) is 25.7 Å². The van der Waals surface area contributed by atoms with Crippen molar-refractivity contribution in [1.29, 1.82) is 0 Å². The maximum absolute atomic E-state index is 12.6. The topological polar surface area (TPSA) is 98.0 Å². The molecule has 0 spiro atoms. The summed E-state index contributed by atoms with van der Waals surface area (Å²) in [7, 11) is 0. The van der Waals surface area contributed by atoms with Gasteiger partial charge in [-0.25, -0.2) is 0 Å². The summed E-state index contributed by atoms with van der Waals surface area (Å²) in [6.07, 6.45) is 8.39. The Balaban J connectivity index is 1.71. The first-order valence-corrected chi connectivity index (χ1v) is 13.8. The van der Waals surface area contributed by atoms with Gasteiger partial charge in [-0.2, -0.15) is 0 Å². The van der Waals surface area contributed by atoms with E-state index in [-0.39, 0.29) is 28.3 Å². The summed E-state index contributed by atoms with van der Waals surface area (Å²) in [6, 6.07) is 0. The lowest BCUT2D eigenvalue weighted by Gasteiger charge is -2.61. The van der Waals surface area contributed by atoms with Gasteiger partial charge in [-0.15, -0.1) is 0 Å². The fourth-order valence-electron chi connectivity index (χ4n) is 8.91. The number of aliphatic hydroxyl groups excluding tert-OH is 2. The van der Waals surface area contributed by atoms with E-state index in [2.05, 4.69) is 53.3 Å². The smallest absolute Gasteiger partial charge is 0.306 e. The number of rotatable bonds is 6. The molecular weight excluding hydrogens is 452 g/mol. The third-order valence-corrected chi connectivity index (χ3v) is 11.7. The molecule has 4 aliphatic carbocycles. The predicted octanol–water partition coefficient (Wildman–Crippen LogP) is 5.65. The highest BCUT2D eigenvalue weighted by molar-refractivity contribution is 5.71. The van der Waals surface area contributed by atoms with Gasteiger partial charge >= 0.3 is 5.97 Å². The number of fused-ring (bicyclic) bond motifs is 5. The van der Waals surface area contributed by atoms with E-state index >= 15 is 0 Å². The molecule has 4 aliphatic rings. The molecule has 0 heterocycles. The van der Waals surface area contributed by atoms with Crippen molar-refractivity contribution >= 4 is 5.97 Å². The third-order valence-electron chi connectivity index (χ3n) is 11.7. The Labute approximate surface area is 217 Å². The van der Waals surface area contributed by atoms with Crippen LogP contribution in [-0.4, -0.2) is 44.2 Å². The van der Waals surface area contributed by atoms with E-state index in [1.54, 1.807) is 13.8 Å². The van der Waals surface area contributed by atoms with Gasteiger partial charge in [-0.3, -0.25) is 4.79 Å². The monoisotopic (exact) mass is 500 g/mol. The van der Waals surface area contributed by atoms with Crippen molar-refractivity contribution in [3.05, 3.63) is 35.5 Å². The van der Waals surface area contributed by atoms with E-state index in [0.29, 0.717) is 30.8 Å². The minimum atomic E-state index is -1.06. The molecule has 5 nitrogen and oxygen atoms in total. The zero-order chi connectivity index (χ0) is 27.1. The van der Waals surface area contributed by atoms with E-state index in [1.165, 1.54) is 11.1 Å². The molecule has 0 aromatic heterocycles. The van der Waals surface area contributed by atoms with Crippen molar-refractivity contribution in [2.75, 3.05) is 0 Å². The quantitative estimate of drug-likeness (QED) is 0.353. The van der Waals surface area contributed by atoms with Gasteiger partial charge in [0.15, 0.2) is 0 Å². The Hall–Kier alpha value is -1.43. The van der Waals surface area contributed by atoms with Crippen LogP contribution in [0.4, 0.5) is 0 Å². The van der Waals surface area contributed by atoms with Gasteiger partial charge in [0.1, 0.15) is 0 Å². The first-order valence-electron chi connectivity index (χ1n) is 13.8. The second kappa shape index (κ2) is 8.54. The van der Waals surface area contributed by atoms with Crippen LogP contribution in [-0.2, 0) is 4.79 Å². The third kappa shape index (κ3) is 3.79. The maximum Gasteiger partial charge on any atom is 0.306 e. The standard InChI is InChI=1S/C31H48O5/c1-18(28(4,5)36)9-10-19(26(34)35)25-22(32)17-31(8)21-11-12-23-27(2,3)24(33)14-15-29(23,6)20(21)13-16-30(25,31)7/h11,13,19,22-25,32-33,36H,1,9-10,12,14-17H2,2-8H3,(H,34,35)/t19-,22-,23+,24-,25+,29-,30-,31+/m1/s1. The molecule has 8 atom stereocenters. The van der Waals surface area contributed by atoms with Gasteiger partial charge in [0, 0.05) is 11.3 Å². The summed E-state index contributed by atoms with van der Waals surface area (Å²) in [4.78, 5) is 12.6. The number of hydrogen-bond donors (Lipinski definition) is 4. The van der Waals surface area contributed by atoms with Gasteiger partial charge in [-0.05, 0) is 97.7 Å². The van der Waals surface area contributed by atoms with E-state index in [9.17, 15) is 25.2 Å². The molecule has 5 heteroatoms. The van der Waals surface area contributed by atoms with Crippen LogP contribution in [0.5, 0.6) is 0 Å². The van der Waals surface area contributed by atoms with E-state index in [1.807, 2.05) is 0 Å². The molecule has 2 saturated carbocycles. The SMILES string of the molecule is C=C(CC[C@@H](C(=O)O)[C@H]1[C@H](O)C[C@@]2(C)C3=CC[C@H]4C(C)(C)[C@H](O)CC[C@]4(C)C3=CC[C@]12C)C(C)(C)O. The molecule has 0 saturated heterocycles. The van der Waals surface area contributed by atoms with Gasteiger partial charge in [0.05, 0.1) is 23.7 Å². The van der Waals surface area contributed by atoms with E-state index in [4.69, 9.17) is 0 Å². The summed E-state index contributed by atoms with van der Waals surface area (Å²) in [5.74, 6) is -1.63. The Morgan fingerprint density at radius 2 is 1.78 bits per heavy atom. The molecule has 0 radical (unpaired) electrons. The zero-order valence-corrected chi connectivity index (χ0v) is 23.4. The molecule has 36 heavy (non-hydrogen) atoms. The molecule has 202 valence electrons. The van der Waals surface area contributed by atoms with Crippen LogP contribution in [0.15, 0.2) is 35.5 Å². The van der Waals surface area contributed by atoms with Crippen LogP contribution < -0.4 is 0 Å². The second-order valence-corrected chi connectivity index (χ2v) is 14.2. The molecule has 0 amide bonds. The molecule has 0 aromatic carbocycles. The highest BCUT2D eigenvalue weighted by Crippen LogP contribution is 2.71. The minimum absolute atomic E-state index is 0.0309. The van der Waals surface area contributed by atoms with Crippen molar-refractivity contribution in [2.24, 2.45) is 39.4 Å². The minimum Gasteiger partial charge on any atom is -0.481 e. The molecule has 0 bridgehead atoms. The maximum atomic E-state index is 12.6. The lowest BCUT2D eigenvalue weighted by atomic mass is 9.44. The number of carboxylic acid groups (broad SMARTS) is 1. The molecular formula is C31H48O5. The highest BCUT2D eigenvalue weighted by atomic mass is 16.4. The Bertz CT molecular complexity index is 999. The van der Waals surface area contributed by atoms with Crippen LogP contribution in [0, 0.1) is 39.4 Å². The number of carbonyl (C=O) groups is 1. The van der Waals surface area contributed by atoms with Gasteiger partial charge in [0.2, 0.25) is 0 Å². The summed E-state index contributed by atoms with van der Waals surface area (Å²) >= 11 is 0. The Morgan fingerprint density at radius 3 is 2.36 bits per heavy atom.